The summed E-state index contributed by atoms with van der Waals surface area (Å²) in [5.41, 5.74) is 2.25. The molecule has 0 bridgehead atoms. The molecule has 0 aliphatic carbocycles. The minimum atomic E-state index is 0.0600. The van der Waals surface area contributed by atoms with Crippen LogP contribution in [-0.4, -0.2) is 21.1 Å². The number of nitrogens with one attached hydrogen (secondary N) is 1. The molecule has 0 aliphatic heterocycles. The normalized spacial score (nSPS) is 12.6. The van der Waals surface area contributed by atoms with Crippen LogP contribution in [0, 0.1) is 6.92 Å². The van der Waals surface area contributed by atoms with Crippen LogP contribution in [0.15, 0.2) is 30.7 Å². The molecule has 96 valence electrons. The first-order valence-electron chi connectivity index (χ1n) is 6.35. The molecule has 1 N–H and O–H groups in total. The summed E-state index contributed by atoms with van der Waals surface area (Å²) in [4.78, 5) is 8.91. The maximum atomic E-state index is 4.47. The molecular formula is C14H20N4. The third-order valence-electron chi connectivity index (χ3n) is 2.95. The monoisotopic (exact) mass is 244 g/mol. The van der Waals surface area contributed by atoms with Crippen molar-refractivity contribution in [2.75, 3.05) is 6.54 Å². The summed E-state index contributed by atoms with van der Waals surface area (Å²) in [6, 6.07) is 4.19. The van der Waals surface area contributed by atoms with Crippen molar-refractivity contribution >= 4 is 0 Å². The van der Waals surface area contributed by atoms with Crippen LogP contribution in [0.3, 0.4) is 0 Å². The van der Waals surface area contributed by atoms with Gasteiger partial charge in [0.25, 0.3) is 0 Å². The Morgan fingerprint density at radius 3 is 2.78 bits per heavy atom. The van der Waals surface area contributed by atoms with Crippen LogP contribution in [0.25, 0.3) is 0 Å². The maximum absolute atomic E-state index is 4.47. The van der Waals surface area contributed by atoms with Crippen molar-refractivity contribution in [2.24, 2.45) is 7.05 Å². The number of hydrogen-bond donors (Lipinski definition) is 1. The van der Waals surface area contributed by atoms with Gasteiger partial charge in [-0.2, -0.15) is 0 Å². The average molecular weight is 244 g/mol. The van der Waals surface area contributed by atoms with E-state index in [1.807, 2.05) is 36.3 Å². The van der Waals surface area contributed by atoms with Crippen molar-refractivity contribution < 1.29 is 0 Å². The summed E-state index contributed by atoms with van der Waals surface area (Å²) in [5.74, 6) is 1.00. The summed E-state index contributed by atoms with van der Waals surface area (Å²) in [6.45, 7) is 5.19. The Bertz CT molecular complexity index is 504. The highest BCUT2D eigenvalue weighted by Gasteiger charge is 2.18. The minimum absolute atomic E-state index is 0.0600. The molecular weight excluding hydrogens is 224 g/mol. The van der Waals surface area contributed by atoms with Crippen LogP contribution in [0.2, 0.25) is 0 Å². The molecule has 0 aliphatic rings. The van der Waals surface area contributed by atoms with E-state index in [4.69, 9.17) is 0 Å². The van der Waals surface area contributed by atoms with Gasteiger partial charge in [-0.05, 0) is 37.6 Å². The van der Waals surface area contributed by atoms with E-state index in [1.165, 1.54) is 5.56 Å². The zero-order valence-corrected chi connectivity index (χ0v) is 11.2. The quantitative estimate of drug-likeness (QED) is 0.877. The van der Waals surface area contributed by atoms with Gasteiger partial charge in [0, 0.05) is 25.6 Å². The lowest BCUT2D eigenvalue weighted by molar-refractivity contribution is 0.544. The minimum Gasteiger partial charge on any atom is -0.336 e. The third-order valence-corrected chi connectivity index (χ3v) is 2.95. The van der Waals surface area contributed by atoms with E-state index in [-0.39, 0.29) is 6.04 Å². The van der Waals surface area contributed by atoms with Gasteiger partial charge in [-0.1, -0.05) is 6.92 Å². The van der Waals surface area contributed by atoms with Crippen LogP contribution in [0.1, 0.15) is 36.5 Å². The van der Waals surface area contributed by atoms with Crippen molar-refractivity contribution in [3.8, 4) is 0 Å². The predicted molar refractivity (Wildman–Crippen MR) is 72.3 cm³/mol. The highest BCUT2D eigenvalue weighted by Crippen LogP contribution is 2.19. The number of aromatic nitrogens is 3. The molecule has 4 heteroatoms. The number of hydrogen-bond acceptors (Lipinski definition) is 3. The fraction of sp³-hybridized carbons (Fsp3) is 0.429. The lowest BCUT2D eigenvalue weighted by atomic mass is 10.1. The molecule has 0 spiro atoms. The van der Waals surface area contributed by atoms with Crippen molar-refractivity contribution in [3.05, 3.63) is 47.8 Å². The Morgan fingerprint density at radius 2 is 2.17 bits per heavy atom. The van der Waals surface area contributed by atoms with Crippen LogP contribution >= 0.6 is 0 Å². The Labute approximate surface area is 108 Å². The van der Waals surface area contributed by atoms with E-state index in [0.29, 0.717) is 0 Å². The number of nitrogens with zero attached hydrogens (tertiary/aromatic N) is 3. The number of imidazole rings is 1. The highest BCUT2D eigenvalue weighted by molar-refractivity contribution is 5.22. The molecule has 0 fully saturated rings. The van der Waals surface area contributed by atoms with Gasteiger partial charge in [-0.15, -0.1) is 0 Å². The molecule has 18 heavy (non-hydrogen) atoms. The van der Waals surface area contributed by atoms with Crippen LogP contribution < -0.4 is 5.32 Å². The molecule has 2 rings (SSSR count). The summed E-state index contributed by atoms with van der Waals surface area (Å²) in [7, 11) is 2.01. The molecule has 1 atom stereocenters. The molecule has 0 saturated carbocycles. The van der Waals surface area contributed by atoms with Crippen molar-refractivity contribution in [1.29, 1.82) is 0 Å². The first-order valence-corrected chi connectivity index (χ1v) is 6.35. The largest absolute Gasteiger partial charge is 0.336 e. The second-order valence-electron chi connectivity index (χ2n) is 4.54. The van der Waals surface area contributed by atoms with Gasteiger partial charge in [-0.3, -0.25) is 4.98 Å². The van der Waals surface area contributed by atoms with E-state index in [0.717, 1.165) is 24.5 Å². The van der Waals surface area contributed by atoms with Gasteiger partial charge in [0.2, 0.25) is 0 Å². The molecule has 4 nitrogen and oxygen atoms in total. The van der Waals surface area contributed by atoms with E-state index in [2.05, 4.69) is 35.2 Å². The van der Waals surface area contributed by atoms with E-state index >= 15 is 0 Å². The second kappa shape index (κ2) is 5.78. The van der Waals surface area contributed by atoms with Gasteiger partial charge < -0.3 is 9.88 Å². The second-order valence-corrected chi connectivity index (χ2v) is 4.54. The SMILES string of the molecule is CCCNC(c1cc(C)ccn1)c1nccn1C. The van der Waals surface area contributed by atoms with Gasteiger partial charge in [-0.25, -0.2) is 4.98 Å². The van der Waals surface area contributed by atoms with Gasteiger partial charge in [0.1, 0.15) is 11.9 Å². The number of rotatable bonds is 5. The zero-order chi connectivity index (χ0) is 13.0. The summed E-state index contributed by atoms with van der Waals surface area (Å²) < 4.78 is 2.04. The Kier molecular flexibility index (Phi) is 4.10. The van der Waals surface area contributed by atoms with Crippen LogP contribution in [0.5, 0.6) is 0 Å². The van der Waals surface area contributed by atoms with Gasteiger partial charge >= 0.3 is 0 Å². The molecule has 2 heterocycles. The topological polar surface area (TPSA) is 42.7 Å². The summed E-state index contributed by atoms with van der Waals surface area (Å²) in [6.07, 6.45) is 6.73. The van der Waals surface area contributed by atoms with E-state index in [9.17, 15) is 0 Å². The van der Waals surface area contributed by atoms with E-state index < -0.39 is 0 Å². The summed E-state index contributed by atoms with van der Waals surface area (Å²) in [5, 5.41) is 3.51. The first kappa shape index (κ1) is 12.8. The van der Waals surface area contributed by atoms with E-state index in [1.54, 1.807) is 0 Å². The molecule has 0 radical (unpaired) electrons. The van der Waals surface area contributed by atoms with Crippen molar-refractivity contribution in [2.45, 2.75) is 26.3 Å². The fourth-order valence-electron chi connectivity index (χ4n) is 1.99. The van der Waals surface area contributed by atoms with Crippen LogP contribution in [0.4, 0.5) is 0 Å². The Morgan fingerprint density at radius 1 is 1.33 bits per heavy atom. The lowest BCUT2D eigenvalue weighted by Gasteiger charge is -2.18. The average Bonchev–Trinajstić information content (AvgIpc) is 2.77. The molecule has 1 unspecified atom stereocenters. The maximum Gasteiger partial charge on any atom is 0.131 e. The lowest BCUT2D eigenvalue weighted by Crippen LogP contribution is -2.26. The van der Waals surface area contributed by atoms with Crippen molar-refractivity contribution in [1.82, 2.24) is 19.9 Å². The van der Waals surface area contributed by atoms with Gasteiger partial charge in [0.15, 0.2) is 0 Å². The number of pyridine rings is 1. The smallest absolute Gasteiger partial charge is 0.131 e. The molecule has 0 amide bonds. The highest BCUT2D eigenvalue weighted by atomic mass is 15.1. The Balaban J connectivity index is 2.33. The molecule has 0 saturated heterocycles. The first-order chi connectivity index (χ1) is 8.72. The molecule has 2 aromatic rings. The number of aryl methyl sites for hydroxylation is 2. The Hall–Kier alpha value is -1.68. The standard InChI is InChI=1S/C14H20N4/c1-4-6-16-13(14-17-8-9-18(14)3)12-10-11(2)5-7-15-12/h5,7-10,13,16H,4,6H2,1-3H3. The zero-order valence-electron chi connectivity index (χ0n) is 11.2. The predicted octanol–water partition coefficient (Wildman–Crippen LogP) is 2.21. The third kappa shape index (κ3) is 2.76. The van der Waals surface area contributed by atoms with Gasteiger partial charge in [0.05, 0.1) is 5.69 Å². The van der Waals surface area contributed by atoms with Crippen LogP contribution in [-0.2, 0) is 7.05 Å². The fourth-order valence-corrected chi connectivity index (χ4v) is 1.99. The molecule has 2 aromatic heterocycles. The molecule has 0 aromatic carbocycles. The summed E-state index contributed by atoms with van der Waals surface area (Å²) >= 11 is 0. The van der Waals surface area contributed by atoms with Crippen molar-refractivity contribution in [3.63, 3.8) is 0 Å².